The second-order valence-electron chi connectivity index (χ2n) is 7.43. The quantitative estimate of drug-likeness (QED) is 0.777. The van der Waals surface area contributed by atoms with Gasteiger partial charge in [0.25, 0.3) is 0 Å². The molecule has 6 heteroatoms. The van der Waals surface area contributed by atoms with Crippen LogP contribution in [-0.4, -0.2) is 51.7 Å². The molecule has 0 radical (unpaired) electrons. The molecule has 2 atom stereocenters. The minimum atomic E-state index is -0.442. The first-order chi connectivity index (χ1) is 10.8. The molecule has 5 nitrogen and oxygen atoms in total. The van der Waals surface area contributed by atoms with Crippen LogP contribution < -0.4 is 0 Å². The summed E-state index contributed by atoms with van der Waals surface area (Å²) in [6, 6.07) is 4.65. The summed E-state index contributed by atoms with van der Waals surface area (Å²) in [5, 5.41) is 0.520. The largest absolute Gasteiger partial charge is 0.444 e. The van der Waals surface area contributed by atoms with Crippen molar-refractivity contribution in [2.45, 2.75) is 57.8 Å². The molecule has 2 aliphatic heterocycles. The highest BCUT2D eigenvalue weighted by atomic mass is 35.5. The lowest BCUT2D eigenvalue weighted by molar-refractivity contribution is -0.000133. The van der Waals surface area contributed by atoms with Crippen molar-refractivity contribution in [2.24, 2.45) is 0 Å². The predicted octanol–water partition coefficient (Wildman–Crippen LogP) is 3.32. The predicted molar refractivity (Wildman–Crippen MR) is 89.4 cm³/mol. The van der Waals surface area contributed by atoms with Crippen LogP contribution in [0.3, 0.4) is 0 Å². The molecule has 2 bridgehead atoms. The van der Waals surface area contributed by atoms with E-state index >= 15 is 0 Å². The molecular formula is C17H24ClN3O2. The van der Waals surface area contributed by atoms with Crippen LogP contribution in [0.25, 0.3) is 0 Å². The van der Waals surface area contributed by atoms with Gasteiger partial charge in [-0.2, -0.15) is 0 Å². The van der Waals surface area contributed by atoms with E-state index in [0.29, 0.717) is 17.2 Å². The van der Waals surface area contributed by atoms with E-state index in [0.717, 1.165) is 38.0 Å². The molecule has 3 heterocycles. The molecule has 23 heavy (non-hydrogen) atoms. The monoisotopic (exact) mass is 337 g/mol. The highest BCUT2D eigenvalue weighted by Gasteiger charge is 2.42. The van der Waals surface area contributed by atoms with Crippen LogP contribution in [0.15, 0.2) is 18.3 Å². The van der Waals surface area contributed by atoms with Crippen LogP contribution in [0.5, 0.6) is 0 Å². The third-order valence-corrected chi connectivity index (χ3v) is 4.66. The third kappa shape index (κ3) is 3.96. The second kappa shape index (κ2) is 6.29. The van der Waals surface area contributed by atoms with Crippen molar-refractivity contribution >= 4 is 17.7 Å². The van der Waals surface area contributed by atoms with Gasteiger partial charge in [-0.3, -0.25) is 4.90 Å². The SMILES string of the molecule is CC(C)(C)OC(=O)N1CC2CCC(C1)N2Cc1ccc(Cl)nc1. The summed E-state index contributed by atoms with van der Waals surface area (Å²) in [7, 11) is 0. The number of hydrogen-bond donors (Lipinski definition) is 0. The van der Waals surface area contributed by atoms with Crippen molar-refractivity contribution in [3.63, 3.8) is 0 Å². The van der Waals surface area contributed by atoms with Crippen molar-refractivity contribution < 1.29 is 9.53 Å². The van der Waals surface area contributed by atoms with Crippen LogP contribution in [0.4, 0.5) is 4.79 Å². The zero-order valence-corrected chi connectivity index (χ0v) is 14.7. The first-order valence-corrected chi connectivity index (χ1v) is 8.54. The van der Waals surface area contributed by atoms with Crippen LogP contribution in [0, 0.1) is 0 Å². The van der Waals surface area contributed by atoms with E-state index in [1.54, 1.807) is 0 Å². The zero-order chi connectivity index (χ0) is 16.6. The Bertz CT molecular complexity index is 556. The fraction of sp³-hybridized carbons (Fsp3) is 0.647. The summed E-state index contributed by atoms with van der Waals surface area (Å²) in [6.45, 7) is 8.07. The minimum Gasteiger partial charge on any atom is -0.444 e. The summed E-state index contributed by atoms with van der Waals surface area (Å²) in [4.78, 5) is 20.8. The molecule has 2 unspecified atom stereocenters. The standard InChI is InChI=1S/C17H24ClN3O2/c1-17(2,3)23-16(22)20-10-13-5-6-14(11-20)21(13)9-12-4-7-15(18)19-8-12/h4,7-8,13-14H,5-6,9-11H2,1-3H3. The fourth-order valence-electron chi connectivity index (χ4n) is 3.43. The maximum atomic E-state index is 12.3. The van der Waals surface area contributed by atoms with Crippen LogP contribution in [0.2, 0.25) is 5.15 Å². The van der Waals surface area contributed by atoms with Crippen LogP contribution in [-0.2, 0) is 11.3 Å². The van der Waals surface area contributed by atoms with Gasteiger partial charge >= 0.3 is 6.09 Å². The van der Waals surface area contributed by atoms with E-state index in [2.05, 4.69) is 9.88 Å². The Hall–Kier alpha value is -1.33. The van der Waals surface area contributed by atoms with Gasteiger partial charge in [-0.1, -0.05) is 17.7 Å². The normalized spacial score (nSPS) is 24.8. The molecule has 3 rings (SSSR count). The minimum absolute atomic E-state index is 0.192. The van der Waals surface area contributed by atoms with Crippen molar-refractivity contribution in [3.8, 4) is 0 Å². The number of nitrogens with zero attached hydrogens (tertiary/aromatic N) is 3. The Morgan fingerprint density at radius 3 is 2.48 bits per heavy atom. The summed E-state index contributed by atoms with van der Waals surface area (Å²) in [5.41, 5.74) is 0.722. The Labute approximate surface area is 142 Å². The number of halogens is 1. The van der Waals surface area contributed by atoms with Crippen LogP contribution >= 0.6 is 11.6 Å². The van der Waals surface area contributed by atoms with Gasteiger partial charge in [-0.25, -0.2) is 9.78 Å². The molecule has 0 aromatic carbocycles. The number of hydrogen-bond acceptors (Lipinski definition) is 4. The van der Waals surface area contributed by atoms with E-state index in [1.165, 1.54) is 0 Å². The van der Waals surface area contributed by atoms with Crippen molar-refractivity contribution in [2.75, 3.05) is 13.1 Å². The van der Waals surface area contributed by atoms with Gasteiger partial charge in [-0.15, -0.1) is 0 Å². The summed E-state index contributed by atoms with van der Waals surface area (Å²) >= 11 is 5.85. The number of amides is 1. The molecule has 1 aromatic rings. The van der Waals surface area contributed by atoms with Gasteiger partial charge in [0, 0.05) is 37.9 Å². The number of piperazine rings is 1. The van der Waals surface area contributed by atoms with Gasteiger partial charge in [0.05, 0.1) is 0 Å². The van der Waals surface area contributed by atoms with Crippen molar-refractivity contribution in [1.82, 2.24) is 14.8 Å². The Morgan fingerprint density at radius 2 is 1.96 bits per heavy atom. The van der Waals surface area contributed by atoms with Gasteiger partial charge in [0.15, 0.2) is 0 Å². The number of rotatable bonds is 2. The average molecular weight is 338 g/mol. The van der Waals surface area contributed by atoms with Crippen molar-refractivity contribution in [1.29, 1.82) is 0 Å². The molecule has 1 amide bonds. The van der Waals surface area contributed by atoms with Gasteiger partial charge in [-0.05, 0) is 45.2 Å². The Morgan fingerprint density at radius 1 is 1.30 bits per heavy atom. The highest BCUT2D eigenvalue weighted by molar-refractivity contribution is 6.29. The number of fused-ring (bicyclic) bond motifs is 2. The van der Waals surface area contributed by atoms with E-state index in [4.69, 9.17) is 16.3 Å². The van der Waals surface area contributed by atoms with E-state index in [1.807, 2.05) is 44.0 Å². The molecule has 0 aliphatic carbocycles. The maximum Gasteiger partial charge on any atom is 0.410 e. The number of pyridine rings is 1. The Balaban J connectivity index is 1.63. The molecular weight excluding hydrogens is 314 g/mol. The molecule has 0 saturated carbocycles. The smallest absolute Gasteiger partial charge is 0.410 e. The first-order valence-electron chi connectivity index (χ1n) is 8.16. The molecule has 0 spiro atoms. The molecule has 0 N–H and O–H groups in total. The Kier molecular flexibility index (Phi) is 4.52. The van der Waals surface area contributed by atoms with E-state index < -0.39 is 5.60 Å². The number of aromatic nitrogens is 1. The first kappa shape index (κ1) is 16.5. The fourth-order valence-corrected chi connectivity index (χ4v) is 3.55. The molecule has 2 aliphatic rings. The lowest BCUT2D eigenvalue weighted by Crippen LogP contribution is -2.55. The number of carbonyl (C=O) groups is 1. The maximum absolute atomic E-state index is 12.3. The topological polar surface area (TPSA) is 45.7 Å². The van der Waals surface area contributed by atoms with Gasteiger partial charge < -0.3 is 9.64 Å². The lowest BCUT2D eigenvalue weighted by Gasteiger charge is -2.41. The molecule has 2 fully saturated rings. The average Bonchev–Trinajstić information content (AvgIpc) is 2.69. The lowest BCUT2D eigenvalue weighted by atomic mass is 10.1. The molecule has 126 valence electrons. The summed E-state index contributed by atoms with van der Waals surface area (Å²) in [6.07, 6.45) is 3.90. The summed E-state index contributed by atoms with van der Waals surface area (Å²) in [5.74, 6) is 0. The second-order valence-corrected chi connectivity index (χ2v) is 7.82. The number of carbonyl (C=O) groups excluding carboxylic acids is 1. The molecule has 1 aromatic heterocycles. The highest BCUT2D eigenvalue weighted by Crippen LogP contribution is 2.32. The number of ether oxygens (including phenoxy) is 1. The van der Waals surface area contributed by atoms with Gasteiger partial charge in [0.1, 0.15) is 10.8 Å². The summed E-state index contributed by atoms with van der Waals surface area (Å²) < 4.78 is 5.51. The van der Waals surface area contributed by atoms with Gasteiger partial charge in [0.2, 0.25) is 0 Å². The van der Waals surface area contributed by atoms with Crippen molar-refractivity contribution in [3.05, 3.63) is 29.0 Å². The van der Waals surface area contributed by atoms with E-state index in [-0.39, 0.29) is 6.09 Å². The third-order valence-electron chi connectivity index (χ3n) is 4.44. The zero-order valence-electron chi connectivity index (χ0n) is 14.0. The van der Waals surface area contributed by atoms with Crippen LogP contribution in [0.1, 0.15) is 39.2 Å². The molecule has 2 saturated heterocycles. The van der Waals surface area contributed by atoms with E-state index in [9.17, 15) is 4.79 Å². The number of likely N-dealkylation sites (tertiary alicyclic amines) is 1.